The van der Waals surface area contributed by atoms with E-state index in [1.54, 1.807) is 0 Å². The van der Waals surface area contributed by atoms with E-state index in [4.69, 9.17) is 10.5 Å². The van der Waals surface area contributed by atoms with Crippen LogP contribution in [0.3, 0.4) is 0 Å². The second kappa shape index (κ2) is 8.39. The molecule has 0 radical (unpaired) electrons. The Morgan fingerprint density at radius 2 is 1.86 bits per heavy atom. The molecule has 0 aliphatic heterocycles. The van der Waals surface area contributed by atoms with Crippen molar-refractivity contribution in [2.24, 2.45) is 0 Å². The van der Waals surface area contributed by atoms with E-state index in [-0.39, 0.29) is 23.0 Å². The van der Waals surface area contributed by atoms with E-state index < -0.39 is 23.4 Å². The van der Waals surface area contributed by atoms with Crippen LogP contribution in [0.25, 0.3) is 10.8 Å². The molecule has 0 aliphatic rings. The summed E-state index contributed by atoms with van der Waals surface area (Å²) in [6.45, 7) is 1.35. The molecule has 0 bridgehead atoms. The molecule has 3 N–H and O–H groups in total. The number of benzene rings is 3. The number of nitrogens with zero attached hydrogens (tertiary/aromatic N) is 1. The summed E-state index contributed by atoms with van der Waals surface area (Å²) in [4.78, 5) is 34.5. The topological polar surface area (TPSA) is 125 Å². The largest absolute Gasteiger partial charge is 0.452 e. The van der Waals surface area contributed by atoms with Crippen molar-refractivity contribution < 1.29 is 19.2 Å². The van der Waals surface area contributed by atoms with E-state index in [1.165, 1.54) is 6.07 Å². The summed E-state index contributed by atoms with van der Waals surface area (Å²) in [5, 5.41) is 15.6. The summed E-state index contributed by atoms with van der Waals surface area (Å²) in [6.07, 6.45) is 0. The molecule has 0 saturated carbocycles. The molecule has 1 amide bonds. The van der Waals surface area contributed by atoms with Gasteiger partial charge in [0.1, 0.15) is 0 Å². The average Bonchev–Trinajstić information content (AvgIpc) is 2.71. The van der Waals surface area contributed by atoms with Gasteiger partial charge in [-0.2, -0.15) is 0 Å². The van der Waals surface area contributed by atoms with Crippen molar-refractivity contribution in [2.45, 2.75) is 13.0 Å². The first-order chi connectivity index (χ1) is 13.9. The van der Waals surface area contributed by atoms with Crippen molar-refractivity contribution in [3.63, 3.8) is 0 Å². The summed E-state index contributed by atoms with van der Waals surface area (Å²) in [5.74, 6) is -1.30. The lowest BCUT2D eigenvalue weighted by atomic mass is 10.00. The normalized spacial score (nSPS) is 11.6. The summed E-state index contributed by atoms with van der Waals surface area (Å²) < 4.78 is 4.99. The number of hydrogen-bond acceptors (Lipinski definition) is 6. The van der Waals surface area contributed by atoms with Crippen LogP contribution in [0.4, 0.5) is 11.4 Å². The van der Waals surface area contributed by atoms with Crippen LogP contribution < -0.4 is 11.1 Å². The fourth-order valence-corrected chi connectivity index (χ4v) is 3.05. The molecular weight excluding hydrogens is 374 g/mol. The molecule has 0 unspecified atom stereocenters. The van der Waals surface area contributed by atoms with Crippen molar-refractivity contribution in [1.82, 2.24) is 5.32 Å². The Bertz CT molecular complexity index is 1090. The van der Waals surface area contributed by atoms with Gasteiger partial charge in [0.05, 0.1) is 22.2 Å². The minimum absolute atomic E-state index is 0.0366. The van der Waals surface area contributed by atoms with Gasteiger partial charge in [-0.15, -0.1) is 0 Å². The summed E-state index contributed by atoms with van der Waals surface area (Å²) in [6, 6.07) is 16.8. The Kier molecular flexibility index (Phi) is 5.73. The number of nitrogens with two attached hydrogens (primary N) is 1. The predicted octanol–water partition coefficient (Wildman–Crippen LogP) is 3.36. The van der Waals surface area contributed by atoms with E-state index in [0.29, 0.717) is 0 Å². The number of nitro benzene ring substituents is 1. The monoisotopic (exact) mass is 393 g/mol. The van der Waals surface area contributed by atoms with Gasteiger partial charge >= 0.3 is 5.97 Å². The third kappa shape index (κ3) is 4.49. The highest BCUT2D eigenvalue weighted by atomic mass is 16.6. The van der Waals surface area contributed by atoms with Gasteiger partial charge in [-0.1, -0.05) is 42.5 Å². The highest BCUT2D eigenvalue weighted by molar-refractivity contribution is 5.96. The number of carbonyl (C=O) groups excluding carboxylic acids is 2. The molecular formula is C21H19N3O5. The van der Waals surface area contributed by atoms with Crippen LogP contribution in [0.1, 0.15) is 28.9 Å². The van der Waals surface area contributed by atoms with Crippen molar-refractivity contribution in [2.75, 3.05) is 12.3 Å². The molecule has 3 aromatic carbocycles. The highest BCUT2D eigenvalue weighted by Gasteiger charge is 2.18. The second-order valence-corrected chi connectivity index (χ2v) is 6.46. The molecule has 8 heteroatoms. The van der Waals surface area contributed by atoms with Crippen molar-refractivity contribution in [3.05, 3.63) is 81.9 Å². The number of nitro groups is 1. The van der Waals surface area contributed by atoms with Gasteiger partial charge in [-0.25, -0.2) is 4.79 Å². The number of nitrogen functional groups attached to an aromatic ring is 1. The van der Waals surface area contributed by atoms with Gasteiger partial charge in [0.25, 0.3) is 11.6 Å². The summed E-state index contributed by atoms with van der Waals surface area (Å²) in [7, 11) is 0. The number of nitrogens with one attached hydrogen (secondary N) is 1. The third-order valence-corrected chi connectivity index (χ3v) is 4.47. The number of non-ortho nitro benzene ring substituents is 1. The van der Waals surface area contributed by atoms with E-state index in [0.717, 1.165) is 28.5 Å². The van der Waals surface area contributed by atoms with Crippen molar-refractivity contribution in [1.29, 1.82) is 0 Å². The Labute approximate surface area is 166 Å². The van der Waals surface area contributed by atoms with Crippen LogP contribution in [-0.2, 0) is 9.53 Å². The third-order valence-electron chi connectivity index (χ3n) is 4.47. The Morgan fingerprint density at radius 1 is 1.14 bits per heavy atom. The SMILES string of the molecule is C[C@@H](NC(=O)COC(=O)c1ccc([N+](=O)[O-])cc1N)c1cccc2ccccc12. The quantitative estimate of drug-likeness (QED) is 0.286. The lowest BCUT2D eigenvalue weighted by Crippen LogP contribution is -2.31. The molecule has 3 rings (SSSR count). The lowest BCUT2D eigenvalue weighted by molar-refractivity contribution is -0.384. The zero-order valence-corrected chi connectivity index (χ0v) is 15.6. The van der Waals surface area contributed by atoms with Gasteiger partial charge in [-0.05, 0) is 29.3 Å². The number of rotatable bonds is 6. The molecule has 29 heavy (non-hydrogen) atoms. The van der Waals surface area contributed by atoms with Crippen LogP contribution in [0.5, 0.6) is 0 Å². The Morgan fingerprint density at radius 3 is 2.59 bits per heavy atom. The summed E-state index contributed by atoms with van der Waals surface area (Å²) in [5.41, 5.74) is 6.26. The second-order valence-electron chi connectivity index (χ2n) is 6.46. The van der Waals surface area contributed by atoms with Gasteiger partial charge in [0.2, 0.25) is 0 Å². The maximum Gasteiger partial charge on any atom is 0.340 e. The first-order valence-corrected chi connectivity index (χ1v) is 8.85. The molecule has 0 spiro atoms. The van der Waals surface area contributed by atoms with E-state index in [2.05, 4.69) is 5.32 Å². The summed E-state index contributed by atoms with van der Waals surface area (Å²) >= 11 is 0. The minimum atomic E-state index is -0.828. The lowest BCUT2D eigenvalue weighted by Gasteiger charge is -2.16. The van der Waals surface area contributed by atoms with Crippen molar-refractivity contribution in [3.8, 4) is 0 Å². The Hall–Kier alpha value is -3.94. The first kappa shape index (κ1) is 19.8. The average molecular weight is 393 g/mol. The molecule has 0 aromatic heterocycles. The number of ether oxygens (including phenoxy) is 1. The van der Waals surface area contributed by atoms with Crippen LogP contribution in [0.15, 0.2) is 60.7 Å². The van der Waals surface area contributed by atoms with Gasteiger partial charge in [0.15, 0.2) is 6.61 Å². The molecule has 1 atom stereocenters. The number of amides is 1. The van der Waals surface area contributed by atoms with E-state index >= 15 is 0 Å². The number of carbonyl (C=O) groups is 2. The molecule has 0 saturated heterocycles. The Balaban J connectivity index is 1.62. The molecule has 8 nitrogen and oxygen atoms in total. The molecule has 148 valence electrons. The smallest absolute Gasteiger partial charge is 0.340 e. The van der Waals surface area contributed by atoms with Gasteiger partial charge in [0, 0.05) is 12.1 Å². The van der Waals surface area contributed by atoms with Gasteiger partial charge in [-0.3, -0.25) is 14.9 Å². The van der Waals surface area contributed by atoms with Crippen LogP contribution in [0.2, 0.25) is 0 Å². The highest BCUT2D eigenvalue weighted by Crippen LogP contribution is 2.24. The fraction of sp³-hybridized carbons (Fsp3) is 0.143. The van der Waals surface area contributed by atoms with E-state index in [1.807, 2.05) is 49.4 Å². The zero-order chi connectivity index (χ0) is 21.0. The van der Waals surface area contributed by atoms with Crippen LogP contribution in [-0.4, -0.2) is 23.4 Å². The zero-order valence-electron chi connectivity index (χ0n) is 15.6. The van der Waals surface area contributed by atoms with Crippen LogP contribution in [0, 0.1) is 10.1 Å². The van der Waals surface area contributed by atoms with Crippen molar-refractivity contribution >= 4 is 34.0 Å². The fourth-order valence-electron chi connectivity index (χ4n) is 3.05. The standard InChI is InChI=1S/C21H19N3O5/c1-13(16-8-4-6-14-5-2-3-7-17(14)16)23-20(25)12-29-21(26)18-10-9-15(24(27)28)11-19(18)22/h2-11,13H,12,22H2,1H3,(H,23,25)/t13-/m1/s1. The molecule has 0 aliphatic carbocycles. The van der Waals surface area contributed by atoms with Gasteiger partial charge < -0.3 is 15.8 Å². The number of hydrogen-bond donors (Lipinski definition) is 2. The number of esters is 1. The maximum atomic E-state index is 12.2. The van der Waals surface area contributed by atoms with Crippen LogP contribution >= 0.6 is 0 Å². The maximum absolute atomic E-state index is 12.2. The predicted molar refractivity (Wildman–Crippen MR) is 108 cm³/mol. The minimum Gasteiger partial charge on any atom is -0.452 e. The number of fused-ring (bicyclic) bond motifs is 1. The number of anilines is 1. The first-order valence-electron chi connectivity index (χ1n) is 8.85. The molecule has 0 fully saturated rings. The van der Waals surface area contributed by atoms with E-state index in [9.17, 15) is 19.7 Å². The molecule has 3 aromatic rings. The molecule has 0 heterocycles.